The first kappa shape index (κ1) is 18.0. The number of halogens is 1. The number of rotatable bonds is 6. The molecule has 1 aliphatic heterocycles. The van der Waals surface area contributed by atoms with Crippen LogP contribution in [0, 0.1) is 5.82 Å². The third-order valence-electron chi connectivity index (χ3n) is 4.46. The summed E-state index contributed by atoms with van der Waals surface area (Å²) in [5.41, 5.74) is 1.72. The highest BCUT2D eigenvalue weighted by molar-refractivity contribution is 7.89. The zero-order valence-corrected chi connectivity index (χ0v) is 14.9. The molecule has 4 nitrogen and oxygen atoms in total. The number of sulfonamides is 1. The van der Waals surface area contributed by atoms with Crippen molar-refractivity contribution < 1.29 is 12.8 Å². The van der Waals surface area contributed by atoms with Crippen molar-refractivity contribution in [1.82, 2.24) is 9.62 Å². The van der Waals surface area contributed by atoms with E-state index in [2.05, 4.69) is 5.32 Å². The number of piperidine rings is 1. The van der Waals surface area contributed by atoms with Crippen molar-refractivity contribution in [3.63, 3.8) is 0 Å². The molecule has 0 saturated carbocycles. The smallest absolute Gasteiger partial charge is 0.243 e. The molecule has 2 aromatic rings. The van der Waals surface area contributed by atoms with Crippen LogP contribution in [0.4, 0.5) is 4.39 Å². The molecule has 134 valence electrons. The van der Waals surface area contributed by atoms with Gasteiger partial charge in [0.05, 0.1) is 4.90 Å². The van der Waals surface area contributed by atoms with E-state index in [4.69, 9.17) is 0 Å². The van der Waals surface area contributed by atoms with E-state index in [-0.39, 0.29) is 5.82 Å². The predicted octanol–water partition coefficient (Wildman–Crippen LogP) is 3.29. The lowest BCUT2D eigenvalue weighted by atomic mass is 10.2. The summed E-state index contributed by atoms with van der Waals surface area (Å²) in [6.45, 7) is 2.19. The molecule has 0 radical (unpaired) electrons. The van der Waals surface area contributed by atoms with E-state index in [1.165, 1.54) is 12.1 Å². The van der Waals surface area contributed by atoms with Gasteiger partial charge in [0.15, 0.2) is 0 Å². The Morgan fingerprint density at radius 3 is 2.32 bits per heavy atom. The van der Waals surface area contributed by atoms with Gasteiger partial charge in [-0.1, -0.05) is 36.8 Å². The molecule has 6 heteroatoms. The molecule has 0 atom stereocenters. The van der Waals surface area contributed by atoms with Gasteiger partial charge in [0.2, 0.25) is 10.0 Å². The number of benzene rings is 2. The highest BCUT2D eigenvalue weighted by Crippen LogP contribution is 2.23. The summed E-state index contributed by atoms with van der Waals surface area (Å²) >= 11 is 0. The molecule has 1 saturated heterocycles. The van der Waals surface area contributed by atoms with E-state index in [9.17, 15) is 12.8 Å². The Labute approximate surface area is 148 Å². The lowest BCUT2D eigenvalue weighted by Gasteiger charge is -2.26. The van der Waals surface area contributed by atoms with Gasteiger partial charge in [-0.2, -0.15) is 4.31 Å². The maximum atomic E-state index is 12.9. The molecule has 0 spiro atoms. The molecule has 1 fully saturated rings. The van der Waals surface area contributed by atoms with Crippen molar-refractivity contribution in [2.45, 2.75) is 37.2 Å². The Bertz CT molecular complexity index is 800. The molecule has 25 heavy (non-hydrogen) atoms. The molecular weight excluding hydrogens is 339 g/mol. The summed E-state index contributed by atoms with van der Waals surface area (Å²) in [6.07, 6.45) is 2.93. The summed E-state index contributed by atoms with van der Waals surface area (Å²) in [4.78, 5) is 0.378. The molecule has 1 heterocycles. The van der Waals surface area contributed by atoms with Crippen LogP contribution < -0.4 is 5.32 Å². The third-order valence-corrected chi connectivity index (χ3v) is 6.46. The predicted molar refractivity (Wildman–Crippen MR) is 96.0 cm³/mol. The lowest BCUT2D eigenvalue weighted by Crippen LogP contribution is -2.36. The number of hydrogen-bond acceptors (Lipinski definition) is 3. The van der Waals surface area contributed by atoms with Gasteiger partial charge >= 0.3 is 0 Å². The van der Waals surface area contributed by atoms with Crippen LogP contribution in [0.5, 0.6) is 0 Å². The molecule has 1 aliphatic rings. The minimum Gasteiger partial charge on any atom is -0.309 e. The van der Waals surface area contributed by atoms with E-state index in [0.717, 1.165) is 30.4 Å². The van der Waals surface area contributed by atoms with Crippen molar-refractivity contribution in [3.8, 4) is 0 Å². The third kappa shape index (κ3) is 4.45. The molecule has 0 unspecified atom stereocenters. The molecular formula is C19H23FN2O2S. The molecule has 0 amide bonds. The Morgan fingerprint density at radius 2 is 1.60 bits per heavy atom. The molecule has 0 aromatic heterocycles. The second-order valence-electron chi connectivity index (χ2n) is 6.30. The van der Waals surface area contributed by atoms with E-state index < -0.39 is 10.0 Å². The summed E-state index contributed by atoms with van der Waals surface area (Å²) in [7, 11) is -3.45. The fourth-order valence-electron chi connectivity index (χ4n) is 3.09. The van der Waals surface area contributed by atoms with Crippen molar-refractivity contribution in [2.24, 2.45) is 0 Å². The summed E-state index contributed by atoms with van der Waals surface area (Å²) in [6, 6.07) is 13.4. The number of hydrogen-bond donors (Lipinski definition) is 1. The highest BCUT2D eigenvalue weighted by atomic mass is 32.2. The Morgan fingerprint density at radius 1 is 0.920 bits per heavy atom. The first-order valence-corrected chi connectivity index (χ1v) is 10.0. The van der Waals surface area contributed by atoms with Crippen LogP contribution in [0.25, 0.3) is 0 Å². The first-order chi connectivity index (χ1) is 12.1. The van der Waals surface area contributed by atoms with Gasteiger partial charge in [0.25, 0.3) is 0 Å². The second kappa shape index (κ2) is 8.08. The summed E-state index contributed by atoms with van der Waals surface area (Å²) in [5, 5.41) is 3.25. The van der Waals surface area contributed by atoms with Gasteiger partial charge in [-0.15, -0.1) is 0 Å². The maximum Gasteiger partial charge on any atom is 0.243 e. The minimum absolute atomic E-state index is 0.262. The monoisotopic (exact) mass is 362 g/mol. The van der Waals surface area contributed by atoms with Crippen molar-refractivity contribution >= 4 is 10.0 Å². The van der Waals surface area contributed by atoms with Crippen LogP contribution in [0.15, 0.2) is 53.4 Å². The van der Waals surface area contributed by atoms with E-state index in [0.29, 0.717) is 31.1 Å². The van der Waals surface area contributed by atoms with Gasteiger partial charge in [-0.05, 0) is 42.2 Å². The largest absolute Gasteiger partial charge is 0.309 e. The molecule has 1 N–H and O–H groups in total. The molecule has 2 aromatic carbocycles. The fourth-order valence-corrected chi connectivity index (χ4v) is 4.83. The topological polar surface area (TPSA) is 49.4 Å². The standard InChI is InChI=1S/C19H23FN2O2S/c20-18-10-8-16(9-11-18)14-21-15-17-6-2-3-7-19(17)25(23,24)22-12-4-1-5-13-22/h2-3,6-11,21H,1,4-5,12-15H2. The number of nitrogens with zero attached hydrogens (tertiary/aromatic N) is 1. The van der Waals surface area contributed by atoms with E-state index >= 15 is 0 Å². The Balaban J connectivity index is 1.71. The van der Waals surface area contributed by atoms with Gasteiger partial charge in [-0.25, -0.2) is 12.8 Å². The first-order valence-electron chi connectivity index (χ1n) is 8.60. The van der Waals surface area contributed by atoms with Crippen molar-refractivity contribution in [1.29, 1.82) is 0 Å². The molecule has 0 aliphatic carbocycles. The number of nitrogens with one attached hydrogen (secondary N) is 1. The van der Waals surface area contributed by atoms with E-state index in [1.54, 1.807) is 28.6 Å². The van der Waals surface area contributed by atoms with Crippen molar-refractivity contribution in [3.05, 3.63) is 65.5 Å². The van der Waals surface area contributed by atoms with Crippen LogP contribution in [-0.4, -0.2) is 25.8 Å². The Hall–Kier alpha value is -1.76. The zero-order chi connectivity index (χ0) is 17.7. The van der Waals surface area contributed by atoms with Crippen molar-refractivity contribution in [2.75, 3.05) is 13.1 Å². The van der Waals surface area contributed by atoms with Crippen LogP contribution in [0.2, 0.25) is 0 Å². The van der Waals surface area contributed by atoms with Crippen LogP contribution in [0.1, 0.15) is 30.4 Å². The van der Waals surface area contributed by atoms with E-state index in [1.807, 2.05) is 12.1 Å². The van der Waals surface area contributed by atoms with Crippen LogP contribution in [-0.2, 0) is 23.1 Å². The SMILES string of the molecule is O=S(=O)(c1ccccc1CNCc1ccc(F)cc1)N1CCCCC1. The average molecular weight is 362 g/mol. The lowest BCUT2D eigenvalue weighted by molar-refractivity contribution is 0.346. The molecule has 0 bridgehead atoms. The molecule has 3 rings (SSSR count). The van der Waals surface area contributed by atoms with Crippen LogP contribution in [0.3, 0.4) is 0 Å². The van der Waals surface area contributed by atoms with Gasteiger partial charge < -0.3 is 5.32 Å². The quantitative estimate of drug-likeness (QED) is 0.858. The Kier molecular flexibility index (Phi) is 5.83. The van der Waals surface area contributed by atoms with Crippen LogP contribution >= 0.6 is 0 Å². The second-order valence-corrected chi connectivity index (χ2v) is 8.21. The highest BCUT2D eigenvalue weighted by Gasteiger charge is 2.27. The maximum absolute atomic E-state index is 12.9. The minimum atomic E-state index is -3.45. The van der Waals surface area contributed by atoms with Gasteiger partial charge in [-0.3, -0.25) is 0 Å². The fraction of sp³-hybridized carbons (Fsp3) is 0.368. The van der Waals surface area contributed by atoms with Gasteiger partial charge in [0.1, 0.15) is 5.82 Å². The zero-order valence-electron chi connectivity index (χ0n) is 14.1. The van der Waals surface area contributed by atoms with Gasteiger partial charge in [0, 0.05) is 26.2 Å². The summed E-state index contributed by atoms with van der Waals surface area (Å²) in [5.74, 6) is -0.262. The average Bonchev–Trinajstić information content (AvgIpc) is 2.64. The summed E-state index contributed by atoms with van der Waals surface area (Å²) < 4.78 is 40.4. The normalized spacial score (nSPS) is 16.0.